The molecule has 2 saturated heterocycles. The highest BCUT2D eigenvalue weighted by Crippen LogP contribution is 2.30. The molecular weight excluding hydrogens is 374 g/mol. The van der Waals surface area contributed by atoms with E-state index in [1.165, 1.54) is 17.3 Å². The number of benzene rings is 1. The molecule has 0 bridgehead atoms. The summed E-state index contributed by atoms with van der Waals surface area (Å²) in [4.78, 5) is 29.7. The summed E-state index contributed by atoms with van der Waals surface area (Å²) in [7, 11) is 0. The van der Waals surface area contributed by atoms with Crippen molar-refractivity contribution in [2.24, 2.45) is 11.1 Å². The molecule has 2 heterocycles. The fourth-order valence-electron chi connectivity index (χ4n) is 4.71. The Hall–Kier alpha value is -2.02. The Bertz CT molecular complexity index is 769. The van der Waals surface area contributed by atoms with Gasteiger partial charge in [0.05, 0.1) is 18.1 Å². The van der Waals surface area contributed by atoms with Crippen LogP contribution < -0.4 is 0 Å². The lowest BCUT2D eigenvalue weighted by molar-refractivity contribution is -0.144. The van der Waals surface area contributed by atoms with Gasteiger partial charge in [-0.05, 0) is 49.1 Å². The molecular formula is C21H27N3O3S. The number of hydrogen-bond acceptors (Lipinski definition) is 5. The fourth-order valence-corrected chi connectivity index (χ4v) is 5.84. The first-order chi connectivity index (χ1) is 13.7. The average molecular weight is 402 g/mol. The van der Waals surface area contributed by atoms with Gasteiger partial charge in [0.1, 0.15) is 6.04 Å². The van der Waals surface area contributed by atoms with Crippen molar-refractivity contribution in [3.05, 3.63) is 35.4 Å². The van der Waals surface area contributed by atoms with Crippen LogP contribution in [0, 0.1) is 5.92 Å². The van der Waals surface area contributed by atoms with Crippen molar-refractivity contribution in [3.8, 4) is 0 Å². The van der Waals surface area contributed by atoms with Gasteiger partial charge in [0.25, 0.3) is 0 Å². The summed E-state index contributed by atoms with van der Waals surface area (Å²) >= 11 is 1.65. The Morgan fingerprint density at radius 1 is 1.21 bits per heavy atom. The Kier molecular flexibility index (Phi) is 5.90. The van der Waals surface area contributed by atoms with Crippen molar-refractivity contribution < 1.29 is 14.8 Å². The van der Waals surface area contributed by atoms with E-state index in [1.807, 2.05) is 0 Å². The SMILES string of the molecule is O=C([C@@H]1CCCN1C(=O)C[C@H]1CCc2ccccc2C1)N1CSC[C@H]1C=NO. The first kappa shape index (κ1) is 19.3. The van der Waals surface area contributed by atoms with Crippen molar-refractivity contribution in [2.75, 3.05) is 18.2 Å². The third-order valence-corrected chi connectivity index (χ3v) is 7.25. The van der Waals surface area contributed by atoms with Crippen molar-refractivity contribution in [1.29, 1.82) is 0 Å². The number of aryl methyl sites for hydroxylation is 1. The molecule has 1 N–H and O–H groups in total. The summed E-state index contributed by atoms with van der Waals surface area (Å²) in [5.74, 6) is 1.79. The zero-order valence-corrected chi connectivity index (χ0v) is 16.8. The Morgan fingerprint density at radius 3 is 2.86 bits per heavy atom. The molecule has 3 atom stereocenters. The summed E-state index contributed by atoms with van der Waals surface area (Å²) in [6.07, 6.45) is 6.55. The smallest absolute Gasteiger partial charge is 0.246 e. The molecule has 4 rings (SSSR count). The lowest BCUT2D eigenvalue weighted by atomic mass is 9.82. The number of oxime groups is 1. The Morgan fingerprint density at radius 2 is 2.04 bits per heavy atom. The zero-order chi connectivity index (χ0) is 19.5. The first-order valence-electron chi connectivity index (χ1n) is 10.1. The predicted molar refractivity (Wildman–Crippen MR) is 110 cm³/mol. The van der Waals surface area contributed by atoms with Gasteiger partial charge in [-0.15, -0.1) is 11.8 Å². The lowest BCUT2D eigenvalue weighted by Gasteiger charge is -2.31. The number of likely N-dealkylation sites (tertiary alicyclic amines) is 1. The van der Waals surface area contributed by atoms with Crippen LogP contribution in [0.2, 0.25) is 0 Å². The molecule has 1 aliphatic carbocycles. The van der Waals surface area contributed by atoms with Crippen LogP contribution >= 0.6 is 11.8 Å². The summed E-state index contributed by atoms with van der Waals surface area (Å²) in [5.41, 5.74) is 2.77. The number of nitrogens with zero attached hydrogens (tertiary/aromatic N) is 3. The number of amides is 2. The summed E-state index contributed by atoms with van der Waals surface area (Å²) < 4.78 is 0. The third-order valence-electron chi connectivity index (χ3n) is 6.21. The zero-order valence-electron chi connectivity index (χ0n) is 16.0. The van der Waals surface area contributed by atoms with Gasteiger partial charge in [0, 0.05) is 18.7 Å². The van der Waals surface area contributed by atoms with Gasteiger partial charge in [-0.3, -0.25) is 9.59 Å². The topological polar surface area (TPSA) is 73.2 Å². The molecule has 0 saturated carbocycles. The Balaban J connectivity index is 1.39. The number of carbonyl (C=O) groups is 2. The van der Waals surface area contributed by atoms with Gasteiger partial charge >= 0.3 is 0 Å². The van der Waals surface area contributed by atoms with Gasteiger partial charge in [0.2, 0.25) is 11.8 Å². The molecule has 0 radical (unpaired) electrons. The number of hydrogen-bond donors (Lipinski definition) is 1. The molecule has 3 aliphatic rings. The number of fused-ring (bicyclic) bond motifs is 1. The molecule has 2 amide bonds. The number of thioether (sulfide) groups is 1. The van der Waals surface area contributed by atoms with Crippen molar-refractivity contribution >= 4 is 29.8 Å². The minimum Gasteiger partial charge on any atom is -0.411 e. The molecule has 0 aromatic heterocycles. The van der Waals surface area contributed by atoms with E-state index in [2.05, 4.69) is 29.4 Å². The van der Waals surface area contributed by atoms with Crippen molar-refractivity contribution in [3.63, 3.8) is 0 Å². The monoisotopic (exact) mass is 401 g/mol. The summed E-state index contributed by atoms with van der Waals surface area (Å²) in [6.45, 7) is 0.665. The van der Waals surface area contributed by atoms with E-state index in [4.69, 9.17) is 5.21 Å². The van der Waals surface area contributed by atoms with Crippen LogP contribution in [-0.4, -0.2) is 63.3 Å². The average Bonchev–Trinajstić information content (AvgIpc) is 3.37. The van der Waals surface area contributed by atoms with E-state index in [0.717, 1.165) is 37.9 Å². The highest BCUT2D eigenvalue weighted by molar-refractivity contribution is 7.99. The number of carbonyl (C=O) groups excluding carboxylic acids is 2. The standard InChI is InChI=1S/C21H27N3O3S/c25-20(11-15-7-8-16-4-1-2-5-17(16)10-15)23-9-3-6-19(23)21(26)24-14-28-13-18(24)12-22-27/h1-2,4-5,12,15,18-19,27H,3,6-11,13-14H2/t15-,18+,19-/m0/s1. The van der Waals surface area contributed by atoms with Gasteiger partial charge in [-0.1, -0.05) is 29.4 Å². The maximum atomic E-state index is 13.1. The second kappa shape index (κ2) is 8.55. The van der Waals surface area contributed by atoms with Crippen LogP contribution in [0.1, 0.15) is 36.8 Å². The molecule has 0 unspecified atom stereocenters. The third kappa shape index (κ3) is 3.90. The maximum Gasteiger partial charge on any atom is 0.246 e. The highest BCUT2D eigenvalue weighted by atomic mass is 32.2. The first-order valence-corrected chi connectivity index (χ1v) is 11.2. The highest BCUT2D eigenvalue weighted by Gasteiger charge is 2.40. The van der Waals surface area contributed by atoms with E-state index in [0.29, 0.717) is 24.8 Å². The van der Waals surface area contributed by atoms with Crippen LogP contribution in [-0.2, 0) is 22.4 Å². The van der Waals surface area contributed by atoms with E-state index < -0.39 is 0 Å². The van der Waals surface area contributed by atoms with Crippen LogP contribution in [0.5, 0.6) is 0 Å². The molecule has 6 nitrogen and oxygen atoms in total. The summed E-state index contributed by atoms with van der Waals surface area (Å²) in [6, 6.07) is 7.95. The second-order valence-corrected chi connectivity index (χ2v) is 8.97. The van der Waals surface area contributed by atoms with Crippen LogP contribution in [0.3, 0.4) is 0 Å². The normalized spacial score (nSPS) is 27.4. The fraction of sp³-hybridized carbons (Fsp3) is 0.571. The largest absolute Gasteiger partial charge is 0.411 e. The van der Waals surface area contributed by atoms with E-state index >= 15 is 0 Å². The van der Waals surface area contributed by atoms with E-state index in [1.54, 1.807) is 21.6 Å². The van der Waals surface area contributed by atoms with E-state index in [9.17, 15) is 9.59 Å². The molecule has 2 fully saturated rings. The molecule has 1 aromatic carbocycles. The number of rotatable bonds is 4. The lowest BCUT2D eigenvalue weighted by Crippen LogP contribution is -2.50. The second-order valence-electron chi connectivity index (χ2n) is 7.97. The van der Waals surface area contributed by atoms with Crippen LogP contribution in [0.25, 0.3) is 0 Å². The quantitative estimate of drug-likeness (QED) is 0.478. The molecule has 150 valence electrons. The minimum atomic E-state index is -0.364. The molecule has 28 heavy (non-hydrogen) atoms. The van der Waals surface area contributed by atoms with Crippen LogP contribution in [0.4, 0.5) is 0 Å². The molecule has 7 heteroatoms. The maximum absolute atomic E-state index is 13.1. The summed E-state index contributed by atoms with van der Waals surface area (Å²) in [5, 5.41) is 12.0. The van der Waals surface area contributed by atoms with Crippen molar-refractivity contribution in [1.82, 2.24) is 9.80 Å². The Labute approximate surface area is 169 Å². The van der Waals surface area contributed by atoms with Gasteiger partial charge in [0.15, 0.2) is 0 Å². The molecule has 1 aromatic rings. The van der Waals surface area contributed by atoms with Gasteiger partial charge < -0.3 is 15.0 Å². The van der Waals surface area contributed by atoms with Gasteiger partial charge in [-0.2, -0.15) is 0 Å². The van der Waals surface area contributed by atoms with E-state index in [-0.39, 0.29) is 23.9 Å². The molecule has 0 spiro atoms. The minimum absolute atomic E-state index is 0.00487. The van der Waals surface area contributed by atoms with Crippen molar-refractivity contribution in [2.45, 2.75) is 50.6 Å². The van der Waals surface area contributed by atoms with Gasteiger partial charge in [-0.25, -0.2) is 0 Å². The van der Waals surface area contributed by atoms with Crippen LogP contribution in [0.15, 0.2) is 29.4 Å². The predicted octanol–water partition coefficient (Wildman–Crippen LogP) is 2.53. The molecule has 2 aliphatic heterocycles.